The number of carbonyl (C=O) groups is 1. The Morgan fingerprint density at radius 3 is 2.17 bits per heavy atom. The van der Waals surface area contributed by atoms with Crippen molar-refractivity contribution in [1.82, 2.24) is 5.32 Å². The standard InChI is InChI=1S/C19H20FNO3/c1-23-16-9-13(10-17(11-16)24-2)18(22)21-12-19(7-8-19)14-3-5-15(20)6-4-14/h3-6,9-11H,7-8,12H2,1-2H3,(H,21,22). The van der Waals surface area contributed by atoms with E-state index in [1.54, 1.807) is 44.6 Å². The zero-order valence-electron chi connectivity index (χ0n) is 13.8. The quantitative estimate of drug-likeness (QED) is 0.884. The van der Waals surface area contributed by atoms with Gasteiger partial charge in [-0.15, -0.1) is 0 Å². The van der Waals surface area contributed by atoms with E-state index in [9.17, 15) is 9.18 Å². The predicted octanol–water partition coefficient (Wildman–Crippen LogP) is 3.30. The Morgan fingerprint density at radius 2 is 1.67 bits per heavy atom. The molecule has 4 nitrogen and oxygen atoms in total. The van der Waals surface area contributed by atoms with Gasteiger partial charge >= 0.3 is 0 Å². The van der Waals surface area contributed by atoms with Gasteiger partial charge in [-0.1, -0.05) is 12.1 Å². The summed E-state index contributed by atoms with van der Waals surface area (Å²) in [5, 5.41) is 2.97. The molecule has 2 aromatic carbocycles. The number of halogens is 1. The first-order chi connectivity index (χ1) is 11.6. The van der Waals surface area contributed by atoms with Gasteiger partial charge in [0.15, 0.2) is 0 Å². The van der Waals surface area contributed by atoms with Crippen LogP contribution in [0.4, 0.5) is 4.39 Å². The number of amides is 1. The number of carbonyl (C=O) groups excluding carboxylic acids is 1. The number of hydrogen-bond donors (Lipinski definition) is 1. The first-order valence-corrected chi connectivity index (χ1v) is 7.84. The molecule has 1 amide bonds. The van der Waals surface area contributed by atoms with Crippen molar-refractivity contribution in [1.29, 1.82) is 0 Å². The first kappa shape index (κ1) is 16.3. The molecular weight excluding hydrogens is 309 g/mol. The Labute approximate surface area is 140 Å². The second-order valence-electron chi connectivity index (χ2n) is 6.07. The van der Waals surface area contributed by atoms with Gasteiger partial charge in [-0.05, 0) is 42.7 Å². The summed E-state index contributed by atoms with van der Waals surface area (Å²) in [6, 6.07) is 11.6. The average Bonchev–Trinajstić information content (AvgIpc) is 3.40. The largest absolute Gasteiger partial charge is 0.497 e. The molecule has 0 radical (unpaired) electrons. The van der Waals surface area contributed by atoms with Crippen molar-refractivity contribution in [3.63, 3.8) is 0 Å². The molecule has 0 heterocycles. The molecule has 24 heavy (non-hydrogen) atoms. The molecule has 1 N–H and O–H groups in total. The monoisotopic (exact) mass is 329 g/mol. The second-order valence-corrected chi connectivity index (χ2v) is 6.07. The van der Waals surface area contributed by atoms with Crippen molar-refractivity contribution in [3.8, 4) is 11.5 Å². The molecule has 0 saturated heterocycles. The number of ether oxygens (including phenoxy) is 2. The Morgan fingerprint density at radius 1 is 1.08 bits per heavy atom. The molecule has 0 atom stereocenters. The van der Waals surface area contributed by atoms with Crippen LogP contribution in [0.2, 0.25) is 0 Å². The van der Waals surface area contributed by atoms with E-state index in [1.165, 1.54) is 12.1 Å². The van der Waals surface area contributed by atoms with Crippen LogP contribution in [0.1, 0.15) is 28.8 Å². The molecule has 126 valence electrons. The first-order valence-electron chi connectivity index (χ1n) is 7.84. The highest BCUT2D eigenvalue weighted by atomic mass is 19.1. The summed E-state index contributed by atoms with van der Waals surface area (Å²) in [4.78, 5) is 12.5. The summed E-state index contributed by atoms with van der Waals surface area (Å²) in [7, 11) is 3.09. The molecule has 3 rings (SSSR count). The van der Waals surface area contributed by atoms with Crippen LogP contribution in [0.5, 0.6) is 11.5 Å². The lowest BCUT2D eigenvalue weighted by Gasteiger charge is -2.17. The highest BCUT2D eigenvalue weighted by molar-refractivity contribution is 5.95. The maximum absolute atomic E-state index is 13.1. The fourth-order valence-electron chi connectivity index (χ4n) is 2.81. The SMILES string of the molecule is COc1cc(OC)cc(C(=O)NCC2(c3ccc(F)cc3)CC2)c1. The summed E-state index contributed by atoms with van der Waals surface area (Å²) in [6.45, 7) is 0.525. The van der Waals surface area contributed by atoms with E-state index in [4.69, 9.17) is 9.47 Å². The molecule has 5 heteroatoms. The summed E-state index contributed by atoms with van der Waals surface area (Å²) in [5.74, 6) is 0.709. The van der Waals surface area contributed by atoms with Gasteiger partial charge in [0.2, 0.25) is 0 Å². The van der Waals surface area contributed by atoms with Gasteiger partial charge in [0.25, 0.3) is 5.91 Å². The van der Waals surface area contributed by atoms with Crippen LogP contribution in [0.15, 0.2) is 42.5 Å². The molecule has 0 unspecified atom stereocenters. The van der Waals surface area contributed by atoms with Gasteiger partial charge in [-0.3, -0.25) is 4.79 Å². The molecule has 0 aromatic heterocycles. The molecule has 1 saturated carbocycles. The Kier molecular flexibility index (Phi) is 4.42. The van der Waals surface area contributed by atoms with Crippen LogP contribution in [0.3, 0.4) is 0 Å². The second kappa shape index (κ2) is 6.51. The van der Waals surface area contributed by atoms with E-state index in [1.807, 2.05) is 0 Å². The Hall–Kier alpha value is -2.56. The molecule has 0 spiro atoms. The van der Waals surface area contributed by atoms with Gasteiger partial charge in [-0.25, -0.2) is 4.39 Å². The minimum absolute atomic E-state index is 0.0771. The topological polar surface area (TPSA) is 47.6 Å². The van der Waals surface area contributed by atoms with Gasteiger partial charge < -0.3 is 14.8 Å². The summed E-state index contributed by atoms with van der Waals surface area (Å²) in [5.41, 5.74) is 1.47. The molecule has 1 aliphatic rings. The minimum atomic E-state index is -0.248. The minimum Gasteiger partial charge on any atom is -0.497 e. The van der Waals surface area contributed by atoms with Crippen molar-refractivity contribution in [2.45, 2.75) is 18.3 Å². The fourth-order valence-corrected chi connectivity index (χ4v) is 2.81. The van der Waals surface area contributed by atoms with Crippen molar-refractivity contribution < 1.29 is 18.7 Å². The van der Waals surface area contributed by atoms with E-state index >= 15 is 0 Å². The van der Waals surface area contributed by atoms with E-state index < -0.39 is 0 Å². The molecule has 2 aromatic rings. The molecule has 0 aliphatic heterocycles. The highest BCUT2D eigenvalue weighted by Gasteiger charge is 2.44. The van der Waals surface area contributed by atoms with Crippen LogP contribution in [0.25, 0.3) is 0 Å². The molecular formula is C19H20FNO3. The van der Waals surface area contributed by atoms with E-state index in [0.29, 0.717) is 23.6 Å². The van der Waals surface area contributed by atoms with E-state index in [2.05, 4.69) is 5.32 Å². The lowest BCUT2D eigenvalue weighted by atomic mass is 9.96. The average molecular weight is 329 g/mol. The lowest BCUT2D eigenvalue weighted by molar-refractivity contribution is 0.0949. The van der Waals surface area contributed by atoms with Gasteiger partial charge in [0, 0.05) is 23.6 Å². The lowest BCUT2D eigenvalue weighted by Crippen LogP contribution is -2.32. The van der Waals surface area contributed by atoms with E-state index in [0.717, 1.165) is 18.4 Å². The number of nitrogens with one attached hydrogen (secondary N) is 1. The zero-order chi connectivity index (χ0) is 17.2. The van der Waals surface area contributed by atoms with Crippen LogP contribution in [0, 0.1) is 5.82 Å². The predicted molar refractivity (Wildman–Crippen MR) is 89.2 cm³/mol. The Balaban J connectivity index is 1.70. The number of methoxy groups -OCH3 is 2. The fraction of sp³-hybridized carbons (Fsp3) is 0.316. The third-order valence-electron chi connectivity index (χ3n) is 4.51. The van der Waals surface area contributed by atoms with Crippen molar-refractivity contribution in [2.75, 3.05) is 20.8 Å². The third-order valence-corrected chi connectivity index (χ3v) is 4.51. The number of benzene rings is 2. The molecule has 0 bridgehead atoms. The third kappa shape index (κ3) is 3.35. The summed E-state index contributed by atoms with van der Waals surface area (Å²) < 4.78 is 23.5. The van der Waals surface area contributed by atoms with Crippen molar-refractivity contribution in [2.24, 2.45) is 0 Å². The van der Waals surface area contributed by atoms with Gasteiger partial charge in [-0.2, -0.15) is 0 Å². The van der Waals surface area contributed by atoms with Crippen molar-refractivity contribution >= 4 is 5.91 Å². The normalized spacial score (nSPS) is 14.8. The molecule has 1 fully saturated rings. The van der Waals surface area contributed by atoms with E-state index in [-0.39, 0.29) is 17.1 Å². The smallest absolute Gasteiger partial charge is 0.251 e. The highest BCUT2D eigenvalue weighted by Crippen LogP contribution is 2.47. The summed E-state index contributed by atoms with van der Waals surface area (Å²) in [6.07, 6.45) is 1.97. The number of hydrogen-bond acceptors (Lipinski definition) is 3. The van der Waals surface area contributed by atoms with Crippen LogP contribution >= 0.6 is 0 Å². The van der Waals surface area contributed by atoms with Crippen molar-refractivity contribution in [3.05, 3.63) is 59.4 Å². The van der Waals surface area contributed by atoms with Crippen LogP contribution in [-0.2, 0) is 5.41 Å². The van der Waals surface area contributed by atoms with Crippen LogP contribution in [-0.4, -0.2) is 26.7 Å². The zero-order valence-corrected chi connectivity index (χ0v) is 13.8. The van der Waals surface area contributed by atoms with Gasteiger partial charge in [0.1, 0.15) is 17.3 Å². The van der Waals surface area contributed by atoms with Gasteiger partial charge in [0.05, 0.1) is 14.2 Å². The molecule has 1 aliphatic carbocycles. The Bertz CT molecular complexity index is 717. The summed E-state index contributed by atoms with van der Waals surface area (Å²) >= 11 is 0. The maximum atomic E-state index is 13.1. The van der Waals surface area contributed by atoms with Crippen LogP contribution < -0.4 is 14.8 Å². The number of rotatable bonds is 6. The maximum Gasteiger partial charge on any atom is 0.251 e.